The molecule has 0 N–H and O–H groups in total. The molecule has 0 bridgehead atoms. The first kappa shape index (κ1) is 15.1. The van der Waals surface area contributed by atoms with Crippen LogP contribution in [0.15, 0.2) is 77.7 Å². The topological polar surface area (TPSA) is 31.2 Å². The minimum Gasteiger partial charge on any atom is -0.489 e. The molecule has 0 atom stereocenters. The van der Waals surface area contributed by atoms with Gasteiger partial charge in [-0.05, 0) is 43.2 Å². The van der Waals surface area contributed by atoms with Gasteiger partial charge in [0.1, 0.15) is 5.75 Å². The second-order valence-corrected chi connectivity index (χ2v) is 5.63. The summed E-state index contributed by atoms with van der Waals surface area (Å²) in [7, 11) is 0. The number of aromatic nitrogens is 1. The molecule has 0 aliphatic carbocycles. The lowest BCUT2D eigenvalue weighted by atomic mass is 10.1. The maximum atomic E-state index is 12.3. The highest BCUT2D eigenvalue weighted by atomic mass is 16.5. The van der Waals surface area contributed by atoms with Crippen LogP contribution in [-0.4, -0.2) is 10.7 Å². The molecular formula is C20H19NO2. The van der Waals surface area contributed by atoms with Crippen molar-refractivity contribution in [2.45, 2.75) is 20.0 Å². The fourth-order valence-corrected chi connectivity index (χ4v) is 2.49. The zero-order chi connectivity index (χ0) is 16.2. The number of benzene rings is 2. The second-order valence-electron chi connectivity index (χ2n) is 5.63. The Hall–Kier alpha value is -2.81. The number of pyridine rings is 1. The molecule has 0 unspecified atom stereocenters. The second kappa shape index (κ2) is 6.53. The molecule has 0 saturated heterocycles. The summed E-state index contributed by atoms with van der Waals surface area (Å²) >= 11 is 0. The Morgan fingerprint density at radius 1 is 0.826 bits per heavy atom. The number of rotatable bonds is 4. The molecule has 3 rings (SSSR count). The molecule has 0 aliphatic rings. The van der Waals surface area contributed by atoms with Gasteiger partial charge in [-0.3, -0.25) is 9.36 Å². The van der Waals surface area contributed by atoms with Gasteiger partial charge in [0, 0.05) is 12.3 Å². The minimum absolute atomic E-state index is 0.0455. The van der Waals surface area contributed by atoms with Crippen LogP contribution in [0.3, 0.4) is 0 Å². The van der Waals surface area contributed by atoms with E-state index in [9.17, 15) is 4.79 Å². The summed E-state index contributed by atoms with van der Waals surface area (Å²) in [4.78, 5) is 12.3. The Morgan fingerprint density at radius 2 is 1.52 bits per heavy atom. The molecule has 0 saturated carbocycles. The summed E-state index contributed by atoms with van der Waals surface area (Å²) in [5, 5.41) is 0. The molecular weight excluding hydrogens is 286 g/mol. The summed E-state index contributed by atoms with van der Waals surface area (Å²) in [6.07, 6.45) is 1.91. The van der Waals surface area contributed by atoms with Crippen molar-refractivity contribution in [2.24, 2.45) is 0 Å². The lowest BCUT2D eigenvalue weighted by molar-refractivity contribution is 0.241. The van der Waals surface area contributed by atoms with E-state index >= 15 is 0 Å². The summed E-state index contributed by atoms with van der Waals surface area (Å²) in [6.45, 7) is 3.94. The van der Waals surface area contributed by atoms with E-state index in [1.807, 2.05) is 80.7 Å². The van der Waals surface area contributed by atoms with Gasteiger partial charge >= 0.3 is 0 Å². The number of nitrogens with zero attached hydrogens (tertiary/aromatic N) is 1. The van der Waals surface area contributed by atoms with E-state index in [1.54, 1.807) is 10.6 Å². The van der Waals surface area contributed by atoms with Gasteiger partial charge < -0.3 is 4.74 Å². The third-order valence-corrected chi connectivity index (χ3v) is 3.51. The van der Waals surface area contributed by atoms with Gasteiger partial charge in [-0.1, -0.05) is 42.5 Å². The van der Waals surface area contributed by atoms with E-state index in [-0.39, 0.29) is 11.7 Å². The zero-order valence-corrected chi connectivity index (χ0v) is 13.3. The van der Waals surface area contributed by atoms with Crippen LogP contribution in [0.5, 0.6) is 5.75 Å². The summed E-state index contributed by atoms with van der Waals surface area (Å²) < 4.78 is 7.48. The van der Waals surface area contributed by atoms with Crippen molar-refractivity contribution in [3.8, 4) is 22.6 Å². The van der Waals surface area contributed by atoms with Crippen LogP contribution in [0.25, 0.3) is 16.8 Å². The van der Waals surface area contributed by atoms with Gasteiger partial charge in [-0.25, -0.2) is 0 Å². The van der Waals surface area contributed by atoms with Crippen molar-refractivity contribution >= 4 is 0 Å². The summed E-state index contributed by atoms with van der Waals surface area (Å²) in [6, 6.07) is 21.0. The average molecular weight is 305 g/mol. The van der Waals surface area contributed by atoms with E-state index in [1.165, 1.54) is 0 Å². The van der Waals surface area contributed by atoms with Crippen LogP contribution in [0.4, 0.5) is 0 Å². The third kappa shape index (κ3) is 3.34. The Kier molecular flexibility index (Phi) is 4.29. The van der Waals surface area contributed by atoms with E-state index in [2.05, 4.69) is 0 Å². The Balaban J connectivity index is 2.12. The van der Waals surface area contributed by atoms with Gasteiger partial charge in [-0.2, -0.15) is 0 Å². The highest BCUT2D eigenvalue weighted by molar-refractivity contribution is 5.63. The molecule has 1 aromatic heterocycles. The largest absolute Gasteiger partial charge is 0.489 e. The zero-order valence-electron chi connectivity index (χ0n) is 13.3. The monoisotopic (exact) mass is 305 g/mol. The molecule has 3 nitrogen and oxygen atoms in total. The smallest absolute Gasteiger partial charge is 0.255 e. The van der Waals surface area contributed by atoms with Crippen LogP contribution in [0.1, 0.15) is 13.8 Å². The summed E-state index contributed by atoms with van der Waals surface area (Å²) in [5.74, 6) is 0.704. The lowest BCUT2D eigenvalue weighted by Crippen LogP contribution is -2.18. The van der Waals surface area contributed by atoms with Crippen LogP contribution in [-0.2, 0) is 0 Å². The SMILES string of the molecule is CC(C)Oc1ccccc1-n1cc(-c2ccccc2)ccc1=O. The molecule has 3 heteroatoms. The Morgan fingerprint density at radius 3 is 2.26 bits per heavy atom. The van der Waals surface area contributed by atoms with E-state index in [4.69, 9.17) is 4.74 Å². The van der Waals surface area contributed by atoms with Crippen molar-refractivity contribution in [1.29, 1.82) is 0 Å². The first-order valence-electron chi connectivity index (χ1n) is 7.69. The van der Waals surface area contributed by atoms with Crippen molar-refractivity contribution in [1.82, 2.24) is 4.57 Å². The fourth-order valence-electron chi connectivity index (χ4n) is 2.49. The van der Waals surface area contributed by atoms with Gasteiger partial charge in [0.15, 0.2) is 0 Å². The number of ether oxygens (including phenoxy) is 1. The van der Waals surface area contributed by atoms with Crippen LogP contribution < -0.4 is 10.3 Å². The molecule has 0 amide bonds. The number of para-hydroxylation sites is 2. The third-order valence-electron chi connectivity index (χ3n) is 3.51. The van der Waals surface area contributed by atoms with E-state index < -0.39 is 0 Å². The normalized spacial score (nSPS) is 10.7. The highest BCUT2D eigenvalue weighted by Gasteiger charge is 2.09. The molecule has 1 heterocycles. The summed E-state index contributed by atoms with van der Waals surface area (Å²) in [5.41, 5.74) is 2.74. The molecule has 23 heavy (non-hydrogen) atoms. The lowest BCUT2D eigenvalue weighted by Gasteiger charge is -2.16. The number of hydrogen-bond acceptors (Lipinski definition) is 2. The quantitative estimate of drug-likeness (QED) is 0.720. The van der Waals surface area contributed by atoms with Gasteiger partial charge in [-0.15, -0.1) is 0 Å². The maximum Gasteiger partial charge on any atom is 0.255 e. The molecule has 0 fully saturated rings. The minimum atomic E-state index is -0.0792. The van der Waals surface area contributed by atoms with Crippen LogP contribution in [0.2, 0.25) is 0 Å². The molecule has 0 aliphatic heterocycles. The van der Waals surface area contributed by atoms with Crippen LogP contribution in [0, 0.1) is 0 Å². The van der Waals surface area contributed by atoms with Gasteiger partial charge in [0.25, 0.3) is 5.56 Å². The van der Waals surface area contributed by atoms with Gasteiger partial charge in [0.05, 0.1) is 11.8 Å². The predicted molar refractivity (Wildman–Crippen MR) is 93.2 cm³/mol. The highest BCUT2D eigenvalue weighted by Crippen LogP contribution is 2.24. The Bertz CT molecular complexity index is 851. The fraction of sp³-hybridized carbons (Fsp3) is 0.150. The molecule has 3 aromatic rings. The van der Waals surface area contributed by atoms with Crippen LogP contribution >= 0.6 is 0 Å². The van der Waals surface area contributed by atoms with Crippen molar-refractivity contribution in [3.05, 3.63) is 83.3 Å². The van der Waals surface area contributed by atoms with Crippen molar-refractivity contribution in [3.63, 3.8) is 0 Å². The van der Waals surface area contributed by atoms with Crippen molar-refractivity contribution < 1.29 is 4.74 Å². The average Bonchev–Trinajstić information content (AvgIpc) is 2.56. The molecule has 0 spiro atoms. The van der Waals surface area contributed by atoms with E-state index in [0.29, 0.717) is 5.75 Å². The Labute approximate surface area is 135 Å². The molecule has 116 valence electrons. The van der Waals surface area contributed by atoms with Gasteiger partial charge in [0.2, 0.25) is 0 Å². The molecule has 2 aromatic carbocycles. The van der Waals surface area contributed by atoms with E-state index in [0.717, 1.165) is 16.8 Å². The molecule has 0 radical (unpaired) electrons. The van der Waals surface area contributed by atoms with Crippen molar-refractivity contribution in [2.75, 3.05) is 0 Å². The number of hydrogen-bond donors (Lipinski definition) is 0. The first-order valence-corrected chi connectivity index (χ1v) is 7.69. The standard InChI is InChI=1S/C20H19NO2/c1-15(2)23-19-11-7-6-10-18(19)21-14-17(12-13-20(21)22)16-8-4-3-5-9-16/h3-15H,1-2H3. The first-order chi connectivity index (χ1) is 11.1. The maximum absolute atomic E-state index is 12.3. The predicted octanol–water partition coefficient (Wildman–Crippen LogP) is 4.29.